The predicted molar refractivity (Wildman–Crippen MR) is 53.8 cm³/mol. The molecule has 0 saturated heterocycles. The van der Waals surface area contributed by atoms with Crippen LogP contribution in [0.1, 0.15) is 12.5 Å². The largest absolute Gasteiger partial charge is 0.247 e. The van der Waals surface area contributed by atoms with E-state index in [0.29, 0.717) is 5.56 Å². The molecule has 0 aromatic heterocycles. The molecule has 1 atom stereocenters. The summed E-state index contributed by atoms with van der Waals surface area (Å²) < 4.78 is 35.6. The summed E-state index contributed by atoms with van der Waals surface area (Å²) in [6, 6.07) is 7.31. The topological polar surface area (TPSA) is 57.9 Å². The number of rotatable bonds is 3. The highest BCUT2D eigenvalue weighted by atomic mass is 32.2. The monoisotopic (exact) mass is 227 g/mol. The summed E-state index contributed by atoms with van der Waals surface area (Å²) in [7, 11) is -3.57. The van der Waals surface area contributed by atoms with Crippen LogP contribution in [0.25, 0.3) is 0 Å². The number of nitriles is 1. The molecule has 0 heterocycles. The van der Waals surface area contributed by atoms with Crippen LogP contribution in [0.4, 0.5) is 4.39 Å². The van der Waals surface area contributed by atoms with E-state index in [0.717, 1.165) is 0 Å². The Hall–Kier alpha value is -1.41. The third kappa shape index (κ3) is 3.03. The Balaban J connectivity index is 3.02. The molecule has 0 aliphatic rings. The fraction of sp³-hybridized carbons (Fsp3) is 0.300. The molecule has 0 amide bonds. The molecule has 1 rings (SSSR count). The van der Waals surface area contributed by atoms with E-state index in [4.69, 9.17) is 5.26 Å². The van der Waals surface area contributed by atoms with Gasteiger partial charge in [-0.25, -0.2) is 12.8 Å². The highest BCUT2D eigenvalue weighted by Gasteiger charge is 2.17. The Morgan fingerprint density at radius 1 is 1.40 bits per heavy atom. The van der Waals surface area contributed by atoms with E-state index in [1.54, 1.807) is 0 Å². The number of halogens is 1. The lowest BCUT2D eigenvalue weighted by Crippen LogP contribution is -2.14. The molecule has 0 bridgehead atoms. The Labute approximate surface area is 88.1 Å². The molecule has 1 aromatic rings. The summed E-state index contributed by atoms with van der Waals surface area (Å²) in [6.07, 6.45) is -1.40. The number of sulfone groups is 1. The minimum absolute atomic E-state index is 0.0472. The summed E-state index contributed by atoms with van der Waals surface area (Å²) in [5.74, 6) is -0.529. The van der Waals surface area contributed by atoms with Crippen molar-refractivity contribution in [1.82, 2.24) is 0 Å². The first-order chi connectivity index (χ1) is 6.95. The van der Waals surface area contributed by atoms with Crippen molar-refractivity contribution in [2.45, 2.75) is 18.0 Å². The normalized spacial score (nSPS) is 13.1. The number of benzene rings is 1. The lowest BCUT2D eigenvalue weighted by atomic mass is 10.2. The molecule has 0 saturated carbocycles. The smallest absolute Gasteiger partial charge is 0.181 e. The van der Waals surface area contributed by atoms with E-state index < -0.39 is 21.8 Å². The summed E-state index contributed by atoms with van der Waals surface area (Å²) in [5.41, 5.74) is 0.377. The fourth-order valence-electron chi connectivity index (χ4n) is 1.14. The van der Waals surface area contributed by atoms with Crippen LogP contribution in [0.15, 0.2) is 29.2 Å². The standard InChI is InChI=1S/C10H10FNO2S/c1-8(11)7-15(13,14)10-4-2-9(6-12)3-5-10/h2-5,8H,7H2,1H3. The highest BCUT2D eigenvalue weighted by Crippen LogP contribution is 2.13. The molecule has 0 N–H and O–H groups in total. The van der Waals surface area contributed by atoms with Crippen LogP contribution in [-0.2, 0) is 9.84 Å². The molecule has 80 valence electrons. The first kappa shape index (κ1) is 11.7. The summed E-state index contributed by atoms with van der Waals surface area (Å²) in [5, 5.41) is 8.52. The van der Waals surface area contributed by atoms with Gasteiger partial charge in [0, 0.05) is 0 Å². The maximum absolute atomic E-state index is 12.6. The van der Waals surface area contributed by atoms with Gasteiger partial charge in [-0.15, -0.1) is 0 Å². The Morgan fingerprint density at radius 3 is 2.33 bits per heavy atom. The van der Waals surface area contributed by atoms with Gasteiger partial charge in [0.25, 0.3) is 0 Å². The molecule has 0 aliphatic heterocycles. The zero-order valence-electron chi connectivity index (χ0n) is 8.14. The molecule has 3 nitrogen and oxygen atoms in total. The van der Waals surface area contributed by atoms with Gasteiger partial charge in [-0.1, -0.05) is 0 Å². The highest BCUT2D eigenvalue weighted by molar-refractivity contribution is 7.91. The first-order valence-electron chi connectivity index (χ1n) is 4.32. The van der Waals surface area contributed by atoms with Gasteiger partial charge in [0.05, 0.1) is 22.3 Å². The fourth-order valence-corrected chi connectivity index (χ4v) is 2.48. The minimum Gasteiger partial charge on any atom is -0.247 e. The van der Waals surface area contributed by atoms with Gasteiger partial charge in [0.1, 0.15) is 6.17 Å². The molecule has 0 radical (unpaired) electrons. The van der Waals surface area contributed by atoms with Crippen LogP contribution in [0.2, 0.25) is 0 Å². The van der Waals surface area contributed by atoms with Crippen molar-refractivity contribution in [3.8, 4) is 6.07 Å². The average molecular weight is 227 g/mol. The van der Waals surface area contributed by atoms with Gasteiger partial charge < -0.3 is 0 Å². The molecular formula is C10H10FNO2S. The molecular weight excluding hydrogens is 217 g/mol. The van der Waals surface area contributed by atoms with E-state index in [2.05, 4.69) is 0 Å². The molecule has 1 aromatic carbocycles. The van der Waals surface area contributed by atoms with Crippen molar-refractivity contribution in [3.05, 3.63) is 29.8 Å². The number of alkyl halides is 1. The van der Waals surface area contributed by atoms with Crippen LogP contribution < -0.4 is 0 Å². The van der Waals surface area contributed by atoms with Crippen LogP contribution >= 0.6 is 0 Å². The van der Waals surface area contributed by atoms with Gasteiger partial charge >= 0.3 is 0 Å². The van der Waals surface area contributed by atoms with Crippen LogP contribution in [0.5, 0.6) is 0 Å². The van der Waals surface area contributed by atoms with E-state index >= 15 is 0 Å². The lowest BCUT2D eigenvalue weighted by molar-refractivity contribution is 0.391. The molecule has 15 heavy (non-hydrogen) atoms. The van der Waals surface area contributed by atoms with Gasteiger partial charge in [0.2, 0.25) is 0 Å². The van der Waals surface area contributed by atoms with Gasteiger partial charge in [0.15, 0.2) is 9.84 Å². The molecule has 1 unspecified atom stereocenters. The van der Waals surface area contributed by atoms with E-state index in [9.17, 15) is 12.8 Å². The third-order valence-electron chi connectivity index (χ3n) is 1.79. The predicted octanol–water partition coefficient (Wildman–Crippen LogP) is 1.69. The van der Waals surface area contributed by atoms with Crippen molar-refractivity contribution >= 4 is 9.84 Å². The summed E-state index contributed by atoms with van der Waals surface area (Å²) in [4.78, 5) is 0.0472. The maximum atomic E-state index is 12.6. The van der Waals surface area contributed by atoms with E-state index in [-0.39, 0.29) is 4.90 Å². The van der Waals surface area contributed by atoms with Gasteiger partial charge in [-0.05, 0) is 31.2 Å². The van der Waals surface area contributed by atoms with Crippen molar-refractivity contribution in [2.24, 2.45) is 0 Å². The zero-order valence-corrected chi connectivity index (χ0v) is 8.96. The lowest BCUT2D eigenvalue weighted by Gasteiger charge is -2.04. The second-order valence-electron chi connectivity index (χ2n) is 3.20. The zero-order chi connectivity index (χ0) is 11.5. The van der Waals surface area contributed by atoms with Crippen LogP contribution in [0, 0.1) is 11.3 Å². The Kier molecular flexibility index (Phi) is 3.43. The number of hydrogen-bond acceptors (Lipinski definition) is 3. The second-order valence-corrected chi connectivity index (χ2v) is 5.23. The van der Waals surface area contributed by atoms with E-state index in [1.807, 2.05) is 6.07 Å². The van der Waals surface area contributed by atoms with Crippen molar-refractivity contribution in [1.29, 1.82) is 5.26 Å². The van der Waals surface area contributed by atoms with Gasteiger partial charge in [-0.2, -0.15) is 5.26 Å². The number of nitrogens with zero attached hydrogens (tertiary/aromatic N) is 1. The van der Waals surface area contributed by atoms with E-state index in [1.165, 1.54) is 31.2 Å². The second kappa shape index (κ2) is 4.41. The summed E-state index contributed by atoms with van der Waals surface area (Å²) >= 11 is 0. The van der Waals surface area contributed by atoms with Crippen molar-refractivity contribution in [2.75, 3.05) is 5.75 Å². The molecule has 0 spiro atoms. The Bertz CT molecular complexity index is 471. The molecule has 5 heteroatoms. The van der Waals surface area contributed by atoms with Gasteiger partial charge in [-0.3, -0.25) is 0 Å². The maximum Gasteiger partial charge on any atom is 0.181 e. The molecule has 0 fully saturated rings. The Morgan fingerprint density at radius 2 is 1.93 bits per heavy atom. The first-order valence-corrected chi connectivity index (χ1v) is 5.98. The summed E-state index contributed by atoms with van der Waals surface area (Å²) in [6.45, 7) is 1.20. The minimum atomic E-state index is -3.57. The molecule has 0 aliphatic carbocycles. The quantitative estimate of drug-likeness (QED) is 0.789. The van der Waals surface area contributed by atoms with Crippen molar-refractivity contribution in [3.63, 3.8) is 0 Å². The van der Waals surface area contributed by atoms with Crippen LogP contribution in [0.3, 0.4) is 0 Å². The number of hydrogen-bond donors (Lipinski definition) is 0. The van der Waals surface area contributed by atoms with Crippen molar-refractivity contribution < 1.29 is 12.8 Å². The van der Waals surface area contributed by atoms with Crippen LogP contribution in [-0.4, -0.2) is 20.3 Å². The third-order valence-corrected chi connectivity index (χ3v) is 3.68. The average Bonchev–Trinajstić information content (AvgIpc) is 2.16. The SMILES string of the molecule is CC(F)CS(=O)(=O)c1ccc(C#N)cc1.